The van der Waals surface area contributed by atoms with Crippen molar-refractivity contribution in [2.75, 3.05) is 7.11 Å². The number of hydrogen-bond acceptors (Lipinski definition) is 5. The Morgan fingerprint density at radius 3 is 3.20 bits per heavy atom. The van der Waals surface area contributed by atoms with Crippen molar-refractivity contribution in [3.05, 3.63) is 16.0 Å². The van der Waals surface area contributed by atoms with Crippen LogP contribution < -0.4 is 0 Å². The van der Waals surface area contributed by atoms with Crippen LogP contribution in [0.5, 0.6) is 0 Å². The first-order valence-corrected chi connectivity index (χ1v) is 5.21. The van der Waals surface area contributed by atoms with Crippen molar-refractivity contribution in [3.63, 3.8) is 0 Å². The zero-order valence-corrected chi connectivity index (χ0v) is 10.0. The molecule has 0 aromatic carbocycles. The first-order chi connectivity index (χ1) is 7.22. The number of methoxy groups -OCH3 is 1. The minimum absolute atomic E-state index is 0.0503. The van der Waals surface area contributed by atoms with Crippen LogP contribution >= 0.6 is 22.6 Å². The van der Waals surface area contributed by atoms with E-state index in [1.165, 1.54) is 11.8 Å². The maximum atomic E-state index is 11.1. The Morgan fingerprint density at radius 2 is 2.47 bits per heavy atom. The Morgan fingerprint density at radius 1 is 1.67 bits per heavy atom. The van der Waals surface area contributed by atoms with E-state index in [1.54, 1.807) is 6.20 Å². The van der Waals surface area contributed by atoms with Gasteiger partial charge in [0.05, 0.1) is 18.7 Å². The molecule has 0 spiro atoms. The maximum Gasteiger partial charge on any atom is 0.327 e. The number of rotatable bonds is 2. The highest BCUT2D eigenvalue weighted by Gasteiger charge is 2.12. The second-order valence-electron chi connectivity index (χ2n) is 2.79. The van der Waals surface area contributed by atoms with E-state index in [0.717, 1.165) is 9.09 Å². The Labute approximate surface area is 98.8 Å². The number of nitrogens with zero attached hydrogens (tertiary/aromatic N) is 4. The number of aromatic nitrogens is 4. The first kappa shape index (κ1) is 10.3. The molecule has 2 aromatic heterocycles. The van der Waals surface area contributed by atoms with Crippen LogP contribution in [-0.2, 0) is 16.1 Å². The molecule has 0 aliphatic heterocycles. The highest BCUT2D eigenvalue weighted by atomic mass is 127. The lowest BCUT2D eigenvalue weighted by atomic mass is 10.4. The monoisotopic (exact) mass is 318 g/mol. The molecule has 0 atom stereocenters. The molecule has 6 nitrogen and oxygen atoms in total. The summed E-state index contributed by atoms with van der Waals surface area (Å²) in [5.74, 6) is -0.360. The standard InChI is InChI=1S/C8H7IN4O2/c1-15-6(14)4-13-8-5(7(9)12-13)2-3-10-11-8/h2-3H,4H2,1H3. The molecule has 0 saturated heterocycles. The third-order valence-corrected chi connectivity index (χ3v) is 2.68. The lowest BCUT2D eigenvalue weighted by Crippen LogP contribution is -2.13. The summed E-state index contributed by atoms with van der Waals surface area (Å²) in [6.45, 7) is 0.0503. The van der Waals surface area contributed by atoms with Gasteiger partial charge < -0.3 is 4.74 Å². The van der Waals surface area contributed by atoms with Crippen molar-refractivity contribution in [2.24, 2.45) is 0 Å². The predicted octanol–water partition coefficient (Wildman–Crippen LogP) is 0.604. The van der Waals surface area contributed by atoms with Crippen LogP contribution in [0.25, 0.3) is 11.0 Å². The molecule has 0 fully saturated rings. The molecule has 0 radical (unpaired) electrons. The van der Waals surface area contributed by atoms with Gasteiger partial charge in [0.1, 0.15) is 10.2 Å². The predicted molar refractivity (Wildman–Crippen MR) is 60.1 cm³/mol. The highest BCUT2D eigenvalue weighted by molar-refractivity contribution is 14.1. The molecule has 78 valence electrons. The number of fused-ring (bicyclic) bond motifs is 1. The van der Waals surface area contributed by atoms with Gasteiger partial charge in [-0.2, -0.15) is 10.2 Å². The summed E-state index contributed by atoms with van der Waals surface area (Å²) in [5.41, 5.74) is 0.590. The number of halogens is 1. The summed E-state index contributed by atoms with van der Waals surface area (Å²) in [4.78, 5) is 11.1. The molecule has 15 heavy (non-hydrogen) atoms. The van der Waals surface area contributed by atoms with Gasteiger partial charge in [0.2, 0.25) is 0 Å². The number of carbonyl (C=O) groups excluding carboxylic acids is 1. The summed E-state index contributed by atoms with van der Waals surface area (Å²) in [6, 6.07) is 1.81. The van der Waals surface area contributed by atoms with Gasteiger partial charge in [0, 0.05) is 0 Å². The van der Waals surface area contributed by atoms with Gasteiger partial charge >= 0.3 is 5.97 Å². The van der Waals surface area contributed by atoms with Crippen LogP contribution in [0.3, 0.4) is 0 Å². The molecule has 2 heterocycles. The van der Waals surface area contributed by atoms with E-state index in [2.05, 4.69) is 42.6 Å². The quantitative estimate of drug-likeness (QED) is 0.599. The van der Waals surface area contributed by atoms with Crippen LogP contribution in [-0.4, -0.2) is 33.1 Å². The number of hydrogen-bond donors (Lipinski definition) is 0. The SMILES string of the molecule is COC(=O)Cn1nc(I)c2ccnnc21. The Hall–Kier alpha value is -1.25. The maximum absolute atomic E-state index is 11.1. The van der Waals surface area contributed by atoms with Crippen molar-refractivity contribution in [3.8, 4) is 0 Å². The van der Waals surface area contributed by atoms with E-state index in [9.17, 15) is 4.79 Å². The lowest BCUT2D eigenvalue weighted by Gasteiger charge is -1.99. The molecule has 0 N–H and O–H groups in total. The van der Waals surface area contributed by atoms with Gasteiger partial charge in [-0.1, -0.05) is 0 Å². The fourth-order valence-electron chi connectivity index (χ4n) is 1.18. The smallest absolute Gasteiger partial charge is 0.327 e. The number of esters is 1. The average molecular weight is 318 g/mol. The second-order valence-corrected chi connectivity index (χ2v) is 3.81. The van der Waals surface area contributed by atoms with Gasteiger partial charge in [-0.15, -0.1) is 5.10 Å². The van der Waals surface area contributed by atoms with Gasteiger partial charge in [0.25, 0.3) is 0 Å². The molecule has 7 heteroatoms. The summed E-state index contributed by atoms with van der Waals surface area (Å²) >= 11 is 2.09. The summed E-state index contributed by atoms with van der Waals surface area (Å²) in [7, 11) is 1.34. The van der Waals surface area contributed by atoms with Crippen LogP contribution in [0.4, 0.5) is 0 Å². The van der Waals surface area contributed by atoms with E-state index in [0.29, 0.717) is 5.65 Å². The molecule has 0 saturated carbocycles. The topological polar surface area (TPSA) is 69.9 Å². The van der Waals surface area contributed by atoms with Crippen molar-refractivity contribution in [1.82, 2.24) is 20.0 Å². The molecule has 0 aliphatic rings. The third kappa shape index (κ3) is 1.91. The van der Waals surface area contributed by atoms with Crippen LogP contribution in [0.15, 0.2) is 12.3 Å². The Balaban J connectivity index is 2.48. The largest absolute Gasteiger partial charge is 0.468 e. The average Bonchev–Trinajstić information content (AvgIpc) is 2.57. The first-order valence-electron chi connectivity index (χ1n) is 4.13. The fourth-order valence-corrected chi connectivity index (χ4v) is 1.86. The molecular formula is C8H7IN4O2. The Kier molecular flexibility index (Phi) is 2.80. The lowest BCUT2D eigenvalue weighted by molar-refractivity contribution is -0.141. The molecule has 2 aromatic rings. The van der Waals surface area contributed by atoms with Gasteiger partial charge in [-0.25, -0.2) is 4.68 Å². The van der Waals surface area contributed by atoms with Gasteiger partial charge in [-0.05, 0) is 28.7 Å². The normalized spacial score (nSPS) is 10.5. The molecule has 2 rings (SSSR count). The van der Waals surface area contributed by atoms with Crippen LogP contribution in [0, 0.1) is 3.70 Å². The van der Waals surface area contributed by atoms with Gasteiger partial charge in [-0.3, -0.25) is 4.79 Å². The summed E-state index contributed by atoms with van der Waals surface area (Å²) in [5, 5.41) is 12.7. The van der Waals surface area contributed by atoms with E-state index in [-0.39, 0.29) is 12.5 Å². The van der Waals surface area contributed by atoms with E-state index in [1.807, 2.05) is 6.07 Å². The van der Waals surface area contributed by atoms with Gasteiger partial charge in [0.15, 0.2) is 5.65 Å². The van der Waals surface area contributed by atoms with Crippen LogP contribution in [0.1, 0.15) is 0 Å². The summed E-state index contributed by atoms with van der Waals surface area (Å²) in [6.07, 6.45) is 1.59. The van der Waals surface area contributed by atoms with Crippen molar-refractivity contribution in [2.45, 2.75) is 6.54 Å². The fraction of sp³-hybridized carbons (Fsp3) is 0.250. The zero-order chi connectivity index (χ0) is 10.8. The highest BCUT2D eigenvalue weighted by Crippen LogP contribution is 2.16. The Bertz CT molecular complexity index is 510. The second kappa shape index (κ2) is 4.09. The minimum Gasteiger partial charge on any atom is -0.468 e. The number of ether oxygens (including phenoxy) is 1. The molecule has 0 amide bonds. The van der Waals surface area contributed by atoms with E-state index >= 15 is 0 Å². The molecular weight excluding hydrogens is 311 g/mol. The summed E-state index contributed by atoms with van der Waals surface area (Å²) < 4.78 is 6.84. The van der Waals surface area contributed by atoms with Crippen LogP contribution in [0.2, 0.25) is 0 Å². The van der Waals surface area contributed by atoms with Crippen molar-refractivity contribution in [1.29, 1.82) is 0 Å². The molecule has 0 unspecified atom stereocenters. The van der Waals surface area contributed by atoms with E-state index < -0.39 is 0 Å². The molecule has 0 bridgehead atoms. The van der Waals surface area contributed by atoms with Crippen molar-refractivity contribution < 1.29 is 9.53 Å². The van der Waals surface area contributed by atoms with E-state index in [4.69, 9.17) is 0 Å². The minimum atomic E-state index is -0.360. The number of carbonyl (C=O) groups is 1. The molecule has 0 aliphatic carbocycles. The van der Waals surface area contributed by atoms with Crippen molar-refractivity contribution >= 4 is 39.6 Å². The third-order valence-electron chi connectivity index (χ3n) is 1.88. The zero-order valence-electron chi connectivity index (χ0n) is 7.85.